The topological polar surface area (TPSA) is 89.1 Å². The van der Waals surface area contributed by atoms with E-state index in [0.717, 1.165) is 32.0 Å². The van der Waals surface area contributed by atoms with E-state index in [9.17, 15) is 9.59 Å². The number of hydrogen-bond donors (Lipinski definition) is 3. The molecular weight excluding hydrogens is 368 g/mol. The summed E-state index contributed by atoms with van der Waals surface area (Å²) >= 11 is 0. The molecule has 3 amide bonds. The van der Waals surface area contributed by atoms with Gasteiger partial charge in [-0.1, -0.05) is 19.8 Å². The van der Waals surface area contributed by atoms with E-state index in [0.29, 0.717) is 25.9 Å². The molecule has 0 bridgehead atoms. The summed E-state index contributed by atoms with van der Waals surface area (Å²) in [6.45, 7) is 12.0. The molecule has 1 atom stereocenters. The van der Waals surface area contributed by atoms with Crippen LogP contribution >= 0.6 is 0 Å². The molecule has 2 aliphatic heterocycles. The third-order valence-electron chi connectivity index (χ3n) is 5.85. The minimum absolute atomic E-state index is 0.132. The number of amides is 3. The predicted octanol–water partition coefficient (Wildman–Crippen LogP) is 1.92. The Morgan fingerprint density at radius 1 is 1.07 bits per heavy atom. The van der Waals surface area contributed by atoms with E-state index in [2.05, 4.69) is 25.8 Å². The number of nitrogens with one attached hydrogen (secondary N) is 3. The number of imide groups is 1. The first-order valence-corrected chi connectivity index (χ1v) is 11.4. The number of carbonyl (C=O) groups is 2. The highest BCUT2D eigenvalue weighted by Crippen LogP contribution is 2.20. The molecule has 0 aliphatic carbocycles. The van der Waals surface area contributed by atoms with Crippen LogP contribution in [0.3, 0.4) is 0 Å². The molecule has 0 aromatic carbocycles. The summed E-state index contributed by atoms with van der Waals surface area (Å²) in [7, 11) is 0. The van der Waals surface area contributed by atoms with Crippen LogP contribution in [0, 0.1) is 0 Å². The second kappa shape index (κ2) is 12.0. The fourth-order valence-corrected chi connectivity index (χ4v) is 3.82. The summed E-state index contributed by atoms with van der Waals surface area (Å²) in [5, 5.41) is 9.45. The fraction of sp³-hybridized carbons (Fsp3) is 0.857. The molecule has 0 radical (unpaired) electrons. The van der Waals surface area contributed by atoms with E-state index >= 15 is 0 Å². The third-order valence-corrected chi connectivity index (χ3v) is 5.85. The molecule has 29 heavy (non-hydrogen) atoms. The van der Waals surface area contributed by atoms with Crippen LogP contribution in [-0.4, -0.2) is 79.0 Å². The van der Waals surface area contributed by atoms with E-state index in [4.69, 9.17) is 0 Å². The number of rotatable bonds is 10. The van der Waals surface area contributed by atoms with Gasteiger partial charge in [0.25, 0.3) is 5.91 Å². The minimum atomic E-state index is -0.760. The molecular formula is C21H40N6O2. The Morgan fingerprint density at radius 2 is 1.79 bits per heavy atom. The molecule has 8 heteroatoms. The number of carbonyl (C=O) groups excluding carboxylic acids is 2. The zero-order chi connectivity index (χ0) is 21.1. The van der Waals surface area contributed by atoms with Gasteiger partial charge in [-0.2, -0.15) is 0 Å². The molecule has 166 valence electrons. The number of urea groups is 1. The SMILES string of the molecule is CCNC(=NCCCN1C(=O)NC(C)(CC)C1=O)NCCCN1CCCCCC1. The molecule has 2 aliphatic rings. The van der Waals surface area contributed by atoms with Crippen LogP contribution in [0.4, 0.5) is 4.79 Å². The Balaban J connectivity index is 1.69. The maximum Gasteiger partial charge on any atom is 0.325 e. The molecule has 2 saturated heterocycles. The Kier molecular flexibility index (Phi) is 9.70. The summed E-state index contributed by atoms with van der Waals surface area (Å²) in [4.78, 5) is 32.9. The van der Waals surface area contributed by atoms with Crippen LogP contribution in [0.1, 0.15) is 65.7 Å². The quantitative estimate of drug-likeness (QED) is 0.222. The standard InChI is InChI=1S/C21H40N6O2/c1-4-21(3)18(28)27(20(29)25-21)17-11-13-24-19(22-5-2)23-12-10-16-26-14-8-6-7-9-15-26/h4-17H2,1-3H3,(H,25,29)(H2,22,23,24). The van der Waals surface area contributed by atoms with Crippen molar-refractivity contribution in [3.63, 3.8) is 0 Å². The zero-order valence-electron chi connectivity index (χ0n) is 18.6. The molecule has 0 spiro atoms. The van der Waals surface area contributed by atoms with Crippen molar-refractivity contribution < 1.29 is 9.59 Å². The van der Waals surface area contributed by atoms with Crippen LogP contribution in [0.5, 0.6) is 0 Å². The number of guanidine groups is 1. The maximum absolute atomic E-state index is 12.4. The van der Waals surface area contributed by atoms with Gasteiger partial charge in [-0.3, -0.25) is 14.7 Å². The first-order valence-electron chi connectivity index (χ1n) is 11.4. The van der Waals surface area contributed by atoms with Crippen molar-refractivity contribution in [3.8, 4) is 0 Å². The number of aliphatic imine (C=N–C) groups is 1. The van der Waals surface area contributed by atoms with Crippen molar-refractivity contribution in [2.24, 2.45) is 4.99 Å². The predicted molar refractivity (Wildman–Crippen MR) is 117 cm³/mol. The van der Waals surface area contributed by atoms with E-state index in [-0.39, 0.29) is 11.9 Å². The van der Waals surface area contributed by atoms with E-state index in [1.807, 2.05) is 13.8 Å². The van der Waals surface area contributed by atoms with Crippen molar-refractivity contribution in [2.45, 2.75) is 71.3 Å². The molecule has 2 fully saturated rings. The highest BCUT2D eigenvalue weighted by atomic mass is 16.2. The first kappa shape index (κ1) is 23.4. The minimum Gasteiger partial charge on any atom is -0.357 e. The Hall–Kier alpha value is -1.83. The number of hydrogen-bond acceptors (Lipinski definition) is 4. The number of nitrogens with zero attached hydrogens (tertiary/aromatic N) is 3. The second-order valence-corrected chi connectivity index (χ2v) is 8.22. The van der Waals surface area contributed by atoms with E-state index in [1.165, 1.54) is 43.7 Å². The van der Waals surface area contributed by atoms with Crippen LogP contribution < -0.4 is 16.0 Å². The second-order valence-electron chi connectivity index (χ2n) is 8.22. The lowest BCUT2D eigenvalue weighted by Gasteiger charge is -2.20. The number of likely N-dealkylation sites (tertiary alicyclic amines) is 1. The Bertz CT molecular complexity index is 559. The molecule has 0 aromatic heterocycles. The molecule has 0 saturated carbocycles. The average Bonchev–Trinajstić information content (AvgIpc) is 2.89. The van der Waals surface area contributed by atoms with Crippen LogP contribution in [0.15, 0.2) is 4.99 Å². The fourth-order valence-electron chi connectivity index (χ4n) is 3.82. The maximum atomic E-state index is 12.4. The molecule has 0 aromatic rings. The van der Waals surface area contributed by atoms with Gasteiger partial charge in [-0.05, 0) is 65.6 Å². The summed E-state index contributed by atoms with van der Waals surface area (Å²) in [5.41, 5.74) is -0.760. The lowest BCUT2D eigenvalue weighted by atomic mass is 9.99. The van der Waals surface area contributed by atoms with Crippen molar-refractivity contribution >= 4 is 17.9 Å². The Morgan fingerprint density at radius 3 is 2.41 bits per heavy atom. The highest BCUT2D eigenvalue weighted by molar-refractivity contribution is 6.06. The van der Waals surface area contributed by atoms with Gasteiger partial charge in [-0.25, -0.2) is 4.79 Å². The summed E-state index contributed by atoms with van der Waals surface area (Å²) < 4.78 is 0. The van der Waals surface area contributed by atoms with Gasteiger partial charge in [0, 0.05) is 26.2 Å². The summed E-state index contributed by atoms with van der Waals surface area (Å²) in [6, 6.07) is -0.290. The monoisotopic (exact) mass is 408 g/mol. The van der Waals surface area contributed by atoms with Crippen LogP contribution in [0.25, 0.3) is 0 Å². The summed E-state index contributed by atoms with van der Waals surface area (Å²) in [6.07, 6.45) is 7.74. The van der Waals surface area contributed by atoms with Crippen molar-refractivity contribution in [1.82, 2.24) is 25.8 Å². The lowest BCUT2D eigenvalue weighted by molar-refractivity contribution is -0.130. The van der Waals surface area contributed by atoms with Crippen LogP contribution in [-0.2, 0) is 4.79 Å². The van der Waals surface area contributed by atoms with Crippen molar-refractivity contribution in [3.05, 3.63) is 0 Å². The Labute approximate surface area is 175 Å². The van der Waals surface area contributed by atoms with Gasteiger partial charge in [0.2, 0.25) is 0 Å². The van der Waals surface area contributed by atoms with Gasteiger partial charge in [-0.15, -0.1) is 0 Å². The zero-order valence-corrected chi connectivity index (χ0v) is 18.6. The van der Waals surface area contributed by atoms with E-state index < -0.39 is 5.54 Å². The molecule has 1 unspecified atom stereocenters. The largest absolute Gasteiger partial charge is 0.357 e. The van der Waals surface area contributed by atoms with Crippen molar-refractivity contribution in [2.75, 3.05) is 45.8 Å². The molecule has 2 heterocycles. The summed E-state index contributed by atoms with van der Waals surface area (Å²) in [5.74, 6) is 0.673. The molecule has 8 nitrogen and oxygen atoms in total. The van der Waals surface area contributed by atoms with Crippen LogP contribution in [0.2, 0.25) is 0 Å². The van der Waals surface area contributed by atoms with Gasteiger partial charge >= 0.3 is 6.03 Å². The average molecular weight is 409 g/mol. The normalized spacial score (nSPS) is 23.8. The van der Waals surface area contributed by atoms with E-state index in [1.54, 1.807) is 6.92 Å². The first-order chi connectivity index (χ1) is 14.0. The molecule has 2 rings (SSSR count). The van der Waals surface area contributed by atoms with Gasteiger partial charge in [0.15, 0.2) is 5.96 Å². The highest BCUT2D eigenvalue weighted by Gasteiger charge is 2.45. The smallest absolute Gasteiger partial charge is 0.325 e. The van der Waals surface area contributed by atoms with Crippen molar-refractivity contribution in [1.29, 1.82) is 0 Å². The third kappa shape index (κ3) is 7.17. The lowest BCUT2D eigenvalue weighted by Crippen LogP contribution is -2.43. The van der Waals surface area contributed by atoms with Gasteiger partial charge in [0.05, 0.1) is 0 Å². The molecule has 3 N–H and O–H groups in total. The van der Waals surface area contributed by atoms with Gasteiger partial charge < -0.3 is 20.9 Å². The van der Waals surface area contributed by atoms with Gasteiger partial charge in [0.1, 0.15) is 5.54 Å².